The number of ether oxygens (including phenoxy) is 1. The molecule has 1 N–H and O–H groups in total. The van der Waals surface area contributed by atoms with Gasteiger partial charge < -0.3 is 15.0 Å². The van der Waals surface area contributed by atoms with Crippen LogP contribution in [0.1, 0.15) is 15.9 Å². The van der Waals surface area contributed by atoms with Crippen LogP contribution in [0.25, 0.3) is 0 Å². The van der Waals surface area contributed by atoms with Gasteiger partial charge in [0.25, 0.3) is 5.91 Å². The number of hydrogen-bond donors (Lipinski definition) is 1. The van der Waals surface area contributed by atoms with Gasteiger partial charge in [-0.3, -0.25) is 9.59 Å². The van der Waals surface area contributed by atoms with Gasteiger partial charge in [0.05, 0.1) is 17.8 Å². The minimum Gasteiger partial charge on any atom is -0.489 e. The minimum atomic E-state index is -0.201. The topological polar surface area (TPSA) is 58.6 Å². The molecule has 1 aliphatic heterocycles. The largest absolute Gasteiger partial charge is 0.489 e. The second-order valence-electron chi connectivity index (χ2n) is 5.19. The van der Waals surface area contributed by atoms with Gasteiger partial charge in [-0.05, 0) is 23.8 Å². The molecule has 0 saturated heterocycles. The first kappa shape index (κ1) is 14.1. The molecule has 0 unspecified atom stereocenters. The fraction of sp³-hybridized carbons (Fsp3) is 0.176. The van der Waals surface area contributed by atoms with Crippen LogP contribution in [0, 0.1) is 0 Å². The summed E-state index contributed by atoms with van der Waals surface area (Å²) in [7, 11) is 1.61. The number of rotatable bonds is 3. The summed E-state index contributed by atoms with van der Waals surface area (Å²) in [6.07, 6.45) is 0. The van der Waals surface area contributed by atoms with Crippen molar-refractivity contribution < 1.29 is 14.3 Å². The smallest absolute Gasteiger partial charge is 0.256 e. The van der Waals surface area contributed by atoms with Gasteiger partial charge in [0.2, 0.25) is 5.91 Å². The van der Waals surface area contributed by atoms with Crippen LogP contribution in [0.2, 0.25) is 0 Å². The lowest BCUT2D eigenvalue weighted by atomic mass is 10.1. The van der Waals surface area contributed by atoms with Gasteiger partial charge in [-0.2, -0.15) is 0 Å². The number of fused-ring (bicyclic) bond motifs is 1. The van der Waals surface area contributed by atoms with Crippen molar-refractivity contribution in [3.05, 3.63) is 59.7 Å². The molecule has 0 atom stereocenters. The SMILES string of the molecule is CN1CC(=O)Nc2ccc(OCc3ccccc3)cc2C1=O. The van der Waals surface area contributed by atoms with E-state index in [2.05, 4.69) is 5.32 Å². The first-order valence-corrected chi connectivity index (χ1v) is 6.99. The van der Waals surface area contributed by atoms with Crippen LogP contribution >= 0.6 is 0 Å². The first-order valence-electron chi connectivity index (χ1n) is 6.99. The molecule has 0 aliphatic carbocycles. The van der Waals surface area contributed by atoms with Crippen molar-refractivity contribution in [2.75, 3.05) is 18.9 Å². The fourth-order valence-electron chi connectivity index (χ4n) is 2.32. The third-order valence-corrected chi connectivity index (χ3v) is 3.47. The van der Waals surface area contributed by atoms with Crippen LogP contribution in [0.5, 0.6) is 5.75 Å². The highest BCUT2D eigenvalue weighted by Gasteiger charge is 2.23. The molecule has 1 aliphatic rings. The van der Waals surface area contributed by atoms with Crippen molar-refractivity contribution in [2.45, 2.75) is 6.61 Å². The second-order valence-corrected chi connectivity index (χ2v) is 5.19. The summed E-state index contributed by atoms with van der Waals surface area (Å²) in [4.78, 5) is 25.3. The molecule has 2 aromatic rings. The standard InChI is InChI=1S/C17H16N2O3/c1-19-10-16(20)18-15-8-7-13(9-14(15)17(19)21)22-11-12-5-3-2-4-6-12/h2-9H,10-11H2,1H3,(H,18,20). The van der Waals surface area contributed by atoms with Crippen molar-refractivity contribution in [1.29, 1.82) is 0 Å². The van der Waals surface area contributed by atoms with E-state index < -0.39 is 0 Å². The Labute approximate surface area is 128 Å². The van der Waals surface area contributed by atoms with Crippen LogP contribution in [-0.4, -0.2) is 30.3 Å². The Kier molecular flexibility index (Phi) is 3.78. The Morgan fingerprint density at radius 1 is 1.14 bits per heavy atom. The molecule has 2 amide bonds. The molecule has 3 rings (SSSR count). The minimum absolute atomic E-state index is 0.0493. The molecule has 112 valence electrons. The third kappa shape index (κ3) is 2.93. The molecular weight excluding hydrogens is 280 g/mol. The molecule has 0 saturated carbocycles. The van der Waals surface area contributed by atoms with E-state index in [1.807, 2.05) is 30.3 Å². The monoisotopic (exact) mass is 296 g/mol. The summed E-state index contributed by atoms with van der Waals surface area (Å²) in [5, 5.41) is 2.73. The van der Waals surface area contributed by atoms with E-state index in [4.69, 9.17) is 4.74 Å². The van der Waals surface area contributed by atoms with Gasteiger partial charge in [-0.1, -0.05) is 30.3 Å². The van der Waals surface area contributed by atoms with Crippen LogP contribution < -0.4 is 10.1 Å². The van der Waals surface area contributed by atoms with Crippen molar-refractivity contribution in [1.82, 2.24) is 4.90 Å². The maximum Gasteiger partial charge on any atom is 0.256 e. The van der Waals surface area contributed by atoms with E-state index in [1.54, 1.807) is 25.2 Å². The van der Waals surface area contributed by atoms with E-state index in [1.165, 1.54) is 4.90 Å². The Hall–Kier alpha value is -2.82. The number of likely N-dealkylation sites (N-methyl/N-ethyl adjacent to an activating group) is 1. The zero-order valence-corrected chi connectivity index (χ0v) is 12.2. The number of nitrogens with zero attached hydrogens (tertiary/aromatic N) is 1. The molecule has 0 radical (unpaired) electrons. The first-order chi connectivity index (χ1) is 10.6. The molecular formula is C17H16N2O3. The van der Waals surface area contributed by atoms with E-state index in [-0.39, 0.29) is 18.4 Å². The molecule has 22 heavy (non-hydrogen) atoms. The number of carbonyl (C=O) groups excluding carboxylic acids is 2. The van der Waals surface area contributed by atoms with Crippen molar-refractivity contribution >= 4 is 17.5 Å². The highest BCUT2D eigenvalue weighted by Crippen LogP contribution is 2.25. The Bertz CT molecular complexity index is 713. The molecule has 0 aromatic heterocycles. The summed E-state index contributed by atoms with van der Waals surface area (Å²) >= 11 is 0. The van der Waals surface area contributed by atoms with E-state index in [0.717, 1.165) is 5.56 Å². The lowest BCUT2D eigenvalue weighted by Crippen LogP contribution is -2.31. The summed E-state index contributed by atoms with van der Waals surface area (Å²) in [6, 6.07) is 14.9. The Morgan fingerprint density at radius 2 is 1.91 bits per heavy atom. The van der Waals surface area contributed by atoms with E-state index in [9.17, 15) is 9.59 Å². The predicted molar refractivity (Wildman–Crippen MR) is 82.8 cm³/mol. The maximum absolute atomic E-state index is 12.3. The fourth-order valence-corrected chi connectivity index (χ4v) is 2.32. The summed E-state index contributed by atoms with van der Waals surface area (Å²) in [6.45, 7) is 0.476. The van der Waals surface area contributed by atoms with Gasteiger partial charge in [0.1, 0.15) is 12.4 Å². The lowest BCUT2D eigenvalue weighted by molar-refractivity contribution is -0.116. The quantitative estimate of drug-likeness (QED) is 0.945. The number of benzene rings is 2. The van der Waals surface area contributed by atoms with Crippen molar-refractivity contribution in [3.63, 3.8) is 0 Å². The number of amides is 2. The molecule has 0 bridgehead atoms. The summed E-state index contributed by atoms with van der Waals surface area (Å²) in [5.74, 6) is 0.201. The summed E-state index contributed by atoms with van der Waals surface area (Å²) < 4.78 is 5.73. The molecule has 5 nitrogen and oxygen atoms in total. The van der Waals surface area contributed by atoms with Crippen LogP contribution in [-0.2, 0) is 11.4 Å². The van der Waals surface area contributed by atoms with Gasteiger partial charge in [-0.15, -0.1) is 0 Å². The number of nitrogens with one attached hydrogen (secondary N) is 1. The van der Waals surface area contributed by atoms with Gasteiger partial charge >= 0.3 is 0 Å². The maximum atomic E-state index is 12.3. The lowest BCUT2D eigenvalue weighted by Gasteiger charge is -2.13. The molecule has 0 fully saturated rings. The van der Waals surface area contributed by atoms with Gasteiger partial charge in [0, 0.05) is 7.05 Å². The van der Waals surface area contributed by atoms with Crippen LogP contribution in [0.3, 0.4) is 0 Å². The van der Waals surface area contributed by atoms with Gasteiger partial charge in [-0.25, -0.2) is 0 Å². The average Bonchev–Trinajstić information content (AvgIpc) is 2.63. The van der Waals surface area contributed by atoms with Crippen LogP contribution in [0.4, 0.5) is 5.69 Å². The average molecular weight is 296 g/mol. The summed E-state index contributed by atoms with van der Waals surface area (Å²) in [5.41, 5.74) is 2.01. The zero-order chi connectivity index (χ0) is 15.5. The zero-order valence-electron chi connectivity index (χ0n) is 12.2. The van der Waals surface area contributed by atoms with Gasteiger partial charge in [0.15, 0.2) is 0 Å². The van der Waals surface area contributed by atoms with E-state index in [0.29, 0.717) is 23.6 Å². The third-order valence-electron chi connectivity index (χ3n) is 3.47. The highest BCUT2D eigenvalue weighted by molar-refractivity contribution is 6.08. The highest BCUT2D eigenvalue weighted by atomic mass is 16.5. The molecule has 2 aromatic carbocycles. The normalized spacial score (nSPS) is 14.1. The number of hydrogen-bond acceptors (Lipinski definition) is 3. The Balaban J connectivity index is 1.82. The second kappa shape index (κ2) is 5.89. The molecule has 0 spiro atoms. The van der Waals surface area contributed by atoms with Crippen molar-refractivity contribution in [3.8, 4) is 5.75 Å². The Morgan fingerprint density at radius 3 is 2.68 bits per heavy atom. The number of carbonyl (C=O) groups is 2. The number of anilines is 1. The predicted octanol–water partition coefficient (Wildman–Crippen LogP) is 2.29. The molecule has 5 heteroatoms. The van der Waals surface area contributed by atoms with Crippen molar-refractivity contribution in [2.24, 2.45) is 0 Å². The van der Waals surface area contributed by atoms with Crippen LogP contribution in [0.15, 0.2) is 48.5 Å². The molecule has 1 heterocycles. The van der Waals surface area contributed by atoms with E-state index >= 15 is 0 Å².